The zero-order chi connectivity index (χ0) is 55.4. The maximum atomic E-state index is 14.4. The number of rotatable bonds is 33. The number of likely N-dealkylation sites (tertiary alicyclic amines) is 1. The first-order chi connectivity index (χ1) is 36.5. The minimum Gasteiger partial charge on any atom is -0.484 e. The van der Waals surface area contributed by atoms with Crippen LogP contribution in [0.5, 0.6) is 5.75 Å². The van der Waals surface area contributed by atoms with Gasteiger partial charge in [-0.05, 0) is 66.6 Å². The summed E-state index contributed by atoms with van der Waals surface area (Å²) in [5.41, 5.74) is 0.975. The first-order valence-electron chi connectivity index (χ1n) is 24.4. The number of urea groups is 1. The van der Waals surface area contributed by atoms with E-state index in [1.54, 1.807) is 6.07 Å². The molecule has 25 heteroatoms. The number of ether oxygens (including phenoxy) is 4. The summed E-state index contributed by atoms with van der Waals surface area (Å²) in [6, 6.07) is 13.7. The number of carboxylic acids is 3. The summed E-state index contributed by atoms with van der Waals surface area (Å²) in [6.07, 6.45) is -0.983. The highest BCUT2D eigenvalue weighted by Gasteiger charge is 2.41. The fourth-order valence-electron chi connectivity index (χ4n) is 7.87. The van der Waals surface area contributed by atoms with Crippen LogP contribution in [0.1, 0.15) is 68.6 Å². The summed E-state index contributed by atoms with van der Waals surface area (Å²) >= 11 is 0. The predicted molar refractivity (Wildman–Crippen MR) is 267 cm³/mol. The van der Waals surface area contributed by atoms with Gasteiger partial charge in [0.2, 0.25) is 23.6 Å². The maximum absolute atomic E-state index is 14.4. The van der Waals surface area contributed by atoms with E-state index in [0.29, 0.717) is 25.3 Å². The van der Waals surface area contributed by atoms with Gasteiger partial charge < -0.3 is 71.1 Å². The van der Waals surface area contributed by atoms with Crippen LogP contribution in [-0.2, 0) is 59.0 Å². The second kappa shape index (κ2) is 32.0. The molecule has 0 saturated carbocycles. The monoisotopic (exact) mass is 1060 g/mol. The summed E-state index contributed by atoms with van der Waals surface area (Å²) in [4.78, 5) is 115. The highest BCUT2D eigenvalue weighted by atomic mass is 16.5. The van der Waals surface area contributed by atoms with Crippen molar-refractivity contribution >= 4 is 64.2 Å². The smallest absolute Gasteiger partial charge is 0.326 e. The van der Waals surface area contributed by atoms with Crippen LogP contribution in [0.4, 0.5) is 4.79 Å². The van der Waals surface area contributed by atoms with Gasteiger partial charge in [-0.25, -0.2) is 14.4 Å². The Hall–Kier alpha value is -8.39. The van der Waals surface area contributed by atoms with E-state index in [2.05, 4.69) is 31.9 Å². The van der Waals surface area contributed by atoms with Gasteiger partial charge in [0, 0.05) is 45.4 Å². The quantitative estimate of drug-likeness (QED) is 0.0379. The highest BCUT2D eigenvalue weighted by Crippen LogP contribution is 2.22. The van der Waals surface area contributed by atoms with Gasteiger partial charge in [-0.1, -0.05) is 42.5 Å². The minimum atomic E-state index is -1.58. The van der Waals surface area contributed by atoms with Crippen LogP contribution in [-0.4, -0.2) is 170 Å². The molecule has 1 aliphatic heterocycles. The Morgan fingerprint density at radius 1 is 0.697 bits per heavy atom. The van der Waals surface area contributed by atoms with Gasteiger partial charge in [-0.2, -0.15) is 10.5 Å². The van der Waals surface area contributed by atoms with Crippen molar-refractivity contribution in [2.24, 2.45) is 0 Å². The SMILES string of the molecule is CC(=O)NCCOCCOCCOCCC(=O)N1C[C@H](NC(=O)COc2cc(C#N)cc(C#N)c2)C[C@H]1C(=O)N[C@@H](Cc1ccc2ccccc2c1)C(=O)NCCCC[C@H](NC(=O)N[C@@H](CCC(=O)O)C(=O)O)C(=O)O. The van der Waals surface area contributed by atoms with E-state index < -0.39 is 97.2 Å². The Balaban J connectivity index is 1.42. The molecule has 3 aromatic carbocycles. The zero-order valence-electron chi connectivity index (χ0n) is 41.9. The molecule has 0 aromatic heterocycles. The van der Waals surface area contributed by atoms with Gasteiger partial charge in [0.05, 0.1) is 69.3 Å². The summed E-state index contributed by atoms with van der Waals surface area (Å²) in [6.45, 7) is 2.32. The standard InChI is InChI=1S/C51H63N9O16/c1-32(61)54-15-17-74-19-21-75-20-18-73-16-13-45(63)60-30-38(56-44(62)31-76-39-24-34(28-52)22-35(25-39)29-53)27-43(60)48(67)57-42(26-33-9-10-36-6-2-3-7-37(36)23-33)47(66)55-14-5-4-8-40(49(68)69)58-51(72)59-41(50(70)71)11-12-46(64)65/h2-3,6-7,9-10,22-25,38,40-43H,4-5,8,11-21,26-27,30-31H2,1H3,(H,54,61)(H,55,66)(H,56,62)(H,57,67)(H,64,65)(H,68,69)(H,70,71)(H2,58,59,72)/t38-,40+,41+,42+,43+/m1/s1. The van der Waals surface area contributed by atoms with E-state index in [4.69, 9.17) is 24.1 Å². The number of aliphatic carboxylic acids is 3. The summed E-state index contributed by atoms with van der Waals surface area (Å²) in [5, 5.41) is 63.7. The van der Waals surface area contributed by atoms with Crippen LogP contribution in [0.2, 0.25) is 0 Å². The van der Waals surface area contributed by atoms with E-state index in [9.17, 15) is 63.9 Å². The van der Waals surface area contributed by atoms with Gasteiger partial charge in [0.1, 0.15) is 29.9 Å². The van der Waals surface area contributed by atoms with Crippen molar-refractivity contribution in [1.29, 1.82) is 10.5 Å². The van der Waals surface area contributed by atoms with Crippen molar-refractivity contribution in [1.82, 2.24) is 36.8 Å². The molecule has 0 radical (unpaired) electrons. The van der Waals surface area contributed by atoms with Crippen LogP contribution in [0.25, 0.3) is 10.8 Å². The molecule has 1 aliphatic rings. The number of benzene rings is 3. The molecule has 0 unspecified atom stereocenters. The van der Waals surface area contributed by atoms with Gasteiger partial charge in [-0.3, -0.25) is 28.8 Å². The third-order valence-electron chi connectivity index (χ3n) is 11.6. The van der Waals surface area contributed by atoms with Crippen LogP contribution in [0.3, 0.4) is 0 Å². The molecule has 408 valence electrons. The van der Waals surface area contributed by atoms with E-state index in [1.807, 2.05) is 48.5 Å². The van der Waals surface area contributed by atoms with Crippen LogP contribution < -0.4 is 36.6 Å². The molecule has 7 amide bonds. The largest absolute Gasteiger partial charge is 0.484 e. The number of hydrogen-bond donors (Lipinski definition) is 9. The van der Waals surface area contributed by atoms with E-state index in [1.165, 1.54) is 30.0 Å². The van der Waals surface area contributed by atoms with Crippen molar-refractivity contribution < 1.29 is 77.4 Å². The molecule has 4 rings (SSSR count). The molecular weight excluding hydrogens is 995 g/mol. The molecule has 3 aromatic rings. The number of carbonyl (C=O) groups excluding carboxylic acids is 6. The number of unbranched alkanes of at least 4 members (excludes halogenated alkanes) is 1. The number of nitrogens with zero attached hydrogens (tertiary/aromatic N) is 3. The third-order valence-corrected chi connectivity index (χ3v) is 11.6. The van der Waals surface area contributed by atoms with Gasteiger partial charge in [0.15, 0.2) is 6.61 Å². The molecule has 0 spiro atoms. The number of nitrogens with one attached hydrogen (secondary N) is 6. The summed E-state index contributed by atoms with van der Waals surface area (Å²) in [5.74, 6) is -6.69. The number of carboxylic acid groups (broad SMARTS) is 3. The Morgan fingerprint density at radius 3 is 1.96 bits per heavy atom. The fourth-order valence-corrected chi connectivity index (χ4v) is 7.87. The van der Waals surface area contributed by atoms with Crippen molar-refractivity contribution in [3.63, 3.8) is 0 Å². The average molecular weight is 1060 g/mol. The normalized spacial score (nSPS) is 14.9. The third kappa shape index (κ3) is 21.6. The Morgan fingerprint density at radius 2 is 1.33 bits per heavy atom. The second-order valence-corrected chi connectivity index (χ2v) is 17.5. The van der Waals surface area contributed by atoms with Crippen LogP contribution >= 0.6 is 0 Å². The maximum Gasteiger partial charge on any atom is 0.326 e. The molecule has 9 N–H and O–H groups in total. The second-order valence-electron chi connectivity index (χ2n) is 17.5. The van der Waals surface area contributed by atoms with E-state index in [0.717, 1.165) is 10.8 Å². The number of nitriles is 2. The lowest BCUT2D eigenvalue weighted by molar-refractivity contribution is -0.141. The summed E-state index contributed by atoms with van der Waals surface area (Å²) in [7, 11) is 0. The van der Waals surface area contributed by atoms with Crippen molar-refractivity contribution in [2.75, 3.05) is 65.9 Å². The van der Waals surface area contributed by atoms with Crippen LogP contribution in [0.15, 0.2) is 60.7 Å². The Kier molecular flexibility index (Phi) is 25.4. The van der Waals surface area contributed by atoms with E-state index in [-0.39, 0.29) is 101 Å². The molecular formula is C51H63N9O16. The Labute approximate surface area is 437 Å². The average Bonchev–Trinajstić information content (AvgIpc) is 3.82. The number of amides is 7. The molecule has 1 heterocycles. The molecule has 76 heavy (non-hydrogen) atoms. The van der Waals surface area contributed by atoms with Gasteiger partial charge in [0.25, 0.3) is 5.91 Å². The predicted octanol–water partition coefficient (Wildman–Crippen LogP) is 0.708. The first kappa shape index (κ1) is 60.2. The molecule has 0 aliphatic carbocycles. The first-order valence-corrected chi connectivity index (χ1v) is 24.4. The molecule has 5 atom stereocenters. The fraction of sp³-hybridized carbons (Fsp3) is 0.471. The highest BCUT2D eigenvalue weighted by molar-refractivity contribution is 5.93. The zero-order valence-corrected chi connectivity index (χ0v) is 41.9. The molecule has 25 nitrogen and oxygen atoms in total. The van der Waals surface area contributed by atoms with Crippen molar-refractivity contribution in [3.05, 3.63) is 77.4 Å². The molecule has 0 bridgehead atoms. The minimum absolute atomic E-state index is 0.000660. The molecule has 1 saturated heterocycles. The lowest BCUT2D eigenvalue weighted by atomic mass is 10.0. The lowest BCUT2D eigenvalue weighted by Gasteiger charge is -2.26. The van der Waals surface area contributed by atoms with E-state index >= 15 is 0 Å². The van der Waals surface area contributed by atoms with Crippen molar-refractivity contribution in [3.8, 4) is 17.9 Å². The van der Waals surface area contributed by atoms with Crippen LogP contribution in [0, 0.1) is 22.7 Å². The number of carbonyl (C=O) groups is 9. The lowest BCUT2D eigenvalue weighted by Crippen LogP contribution is -2.54. The Bertz CT molecular complexity index is 2570. The topological polar surface area (TPSA) is 374 Å². The summed E-state index contributed by atoms with van der Waals surface area (Å²) < 4.78 is 22.1. The van der Waals surface area contributed by atoms with Gasteiger partial charge in [-0.15, -0.1) is 0 Å². The van der Waals surface area contributed by atoms with Crippen molar-refractivity contribution in [2.45, 2.75) is 88.5 Å². The number of hydrogen-bond acceptors (Lipinski definition) is 15. The number of fused-ring (bicyclic) bond motifs is 1. The van der Waals surface area contributed by atoms with Gasteiger partial charge >= 0.3 is 23.9 Å². The molecule has 1 fully saturated rings.